The van der Waals surface area contributed by atoms with Crippen LogP contribution in [0.3, 0.4) is 0 Å². The molecular weight excluding hydrogens is 236 g/mol. The lowest BCUT2D eigenvalue weighted by molar-refractivity contribution is 0.507. The Morgan fingerprint density at radius 2 is 1.79 bits per heavy atom. The van der Waals surface area contributed by atoms with E-state index in [1.54, 1.807) is 0 Å². The number of halogens is 3. The zero-order valence-corrected chi connectivity index (χ0v) is 8.37. The Morgan fingerprint density at radius 1 is 1.29 bits per heavy atom. The van der Waals surface area contributed by atoms with E-state index in [-0.39, 0.29) is 10.6 Å². The SMILES string of the molecule is NS(=O)(=O)Cc1cc(F)c(F)cc1Cl. The van der Waals surface area contributed by atoms with Gasteiger partial charge in [0.15, 0.2) is 11.6 Å². The molecule has 3 nitrogen and oxygen atoms in total. The van der Waals surface area contributed by atoms with E-state index >= 15 is 0 Å². The van der Waals surface area contributed by atoms with Gasteiger partial charge in [-0.1, -0.05) is 11.6 Å². The van der Waals surface area contributed by atoms with Gasteiger partial charge in [-0.25, -0.2) is 22.3 Å². The quantitative estimate of drug-likeness (QED) is 0.796. The lowest BCUT2D eigenvalue weighted by Gasteiger charge is -2.03. The maximum atomic E-state index is 12.7. The van der Waals surface area contributed by atoms with Crippen LogP contribution >= 0.6 is 11.6 Å². The van der Waals surface area contributed by atoms with Crippen molar-refractivity contribution in [3.05, 3.63) is 34.4 Å². The average Bonchev–Trinajstić information content (AvgIpc) is 1.97. The number of primary sulfonamides is 1. The van der Waals surface area contributed by atoms with E-state index in [2.05, 4.69) is 0 Å². The average molecular weight is 242 g/mol. The molecule has 0 aromatic heterocycles. The second-order valence-electron chi connectivity index (χ2n) is 2.66. The molecule has 0 amide bonds. The van der Waals surface area contributed by atoms with Crippen molar-refractivity contribution in [3.8, 4) is 0 Å². The molecule has 0 aliphatic heterocycles. The van der Waals surface area contributed by atoms with Crippen molar-refractivity contribution in [2.45, 2.75) is 5.75 Å². The molecule has 0 heterocycles. The van der Waals surface area contributed by atoms with Crippen LogP contribution in [-0.4, -0.2) is 8.42 Å². The van der Waals surface area contributed by atoms with Crippen molar-refractivity contribution in [1.29, 1.82) is 0 Å². The van der Waals surface area contributed by atoms with Gasteiger partial charge in [-0.2, -0.15) is 0 Å². The van der Waals surface area contributed by atoms with Gasteiger partial charge in [-0.15, -0.1) is 0 Å². The Balaban J connectivity index is 3.17. The fourth-order valence-corrected chi connectivity index (χ4v) is 1.86. The van der Waals surface area contributed by atoms with Crippen LogP contribution < -0.4 is 5.14 Å². The van der Waals surface area contributed by atoms with Crippen LogP contribution in [0.15, 0.2) is 12.1 Å². The van der Waals surface area contributed by atoms with Crippen LogP contribution in [0.5, 0.6) is 0 Å². The van der Waals surface area contributed by atoms with Crippen molar-refractivity contribution in [2.75, 3.05) is 0 Å². The van der Waals surface area contributed by atoms with Gasteiger partial charge >= 0.3 is 0 Å². The Kier molecular flexibility index (Phi) is 3.08. The molecule has 2 N–H and O–H groups in total. The molecule has 0 bridgehead atoms. The zero-order chi connectivity index (χ0) is 10.9. The van der Waals surface area contributed by atoms with E-state index in [9.17, 15) is 17.2 Å². The van der Waals surface area contributed by atoms with E-state index in [0.29, 0.717) is 12.1 Å². The van der Waals surface area contributed by atoms with Crippen LogP contribution in [0, 0.1) is 11.6 Å². The van der Waals surface area contributed by atoms with Gasteiger partial charge in [0.1, 0.15) is 0 Å². The third-order valence-corrected chi connectivity index (χ3v) is 2.51. The van der Waals surface area contributed by atoms with Gasteiger partial charge in [0.05, 0.1) is 5.75 Å². The second-order valence-corrected chi connectivity index (χ2v) is 4.69. The molecule has 0 spiro atoms. The molecule has 1 aromatic carbocycles. The molecule has 0 radical (unpaired) electrons. The number of hydrogen-bond acceptors (Lipinski definition) is 2. The highest BCUT2D eigenvalue weighted by Gasteiger charge is 2.12. The van der Waals surface area contributed by atoms with E-state index in [1.165, 1.54) is 0 Å². The Hall–Kier alpha value is -0.720. The van der Waals surface area contributed by atoms with Gasteiger partial charge in [0, 0.05) is 5.02 Å². The summed E-state index contributed by atoms with van der Waals surface area (Å²) in [5.74, 6) is -2.91. The lowest BCUT2D eigenvalue weighted by Crippen LogP contribution is -2.15. The Labute approximate surface area is 84.5 Å². The van der Waals surface area contributed by atoms with E-state index in [4.69, 9.17) is 16.7 Å². The fourth-order valence-electron chi connectivity index (χ4n) is 0.891. The normalized spacial score (nSPS) is 11.7. The Morgan fingerprint density at radius 3 is 2.29 bits per heavy atom. The first-order valence-corrected chi connectivity index (χ1v) is 5.53. The highest BCUT2D eigenvalue weighted by Crippen LogP contribution is 2.21. The highest BCUT2D eigenvalue weighted by molar-refractivity contribution is 7.88. The fraction of sp³-hybridized carbons (Fsp3) is 0.143. The van der Waals surface area contributed by atoms with Crippen molar-refractivity contribution in [2.24, 2.45) is 5.14 Å². The third kappa shape index (κ3) is 2.90. The smallest absolute Gasteiger partial charge is 0.213 e. The summed E-state index contributed by atoms with van der Waals surface area (Å²) in [7, 11) is -3.80. The van der Waals surface area contributed by atoms with Gasteiger partial charge in [-0.3, -0.25) is 0 Å². The summed E-state index contributed by atoms with van der Waals surface area (Å²) in [4.78, 5) is 0. The summed E-state index contributed by atoms with van der Waals surface area (Å²) < 4.78 is 46.5. The molecule has 1 aromatic rings. The highest BCUT2D eigenvalue weighted by atomic mass is 35.5. The van der Waals surface area contributed by atoms with Crippen LogP contribution in [0.2, 0.25) is 5.02 Å². The topological polar surface area (TPSA) is 60.2 Å². The molecule has 0 fully saturated rings. The minimum atomic E-state index is -3.80. The first-order chi connectivity index (χ1) is 6.29. The summed E-state index contributed by atoms with van der Waals surface area (Å²) >= 11 is 5.48. The van der Waals surface area contributed by atoms with Gasteiger partial charge in [0.2, 0.25) is 10.0 Å². The van der Waals surface area contributed by atoms with Crippen LogP contribution in [-0.2, 0) is 15.8 Å². The second kappa shape index (κ2) is 3.80. The molecule has 0 saturated carbocycles. The summed E-state index contributed by atoms with van der Waals surface area (Å²) in [6.07, 6.45) is 0. The van der Waals surface area contributed by atoms with Crippen molar-refractivity contribution < 1.29 is 17.2 Å². The van der Waals surface area contributed by atoms with Crippen LogP contribution in [0.1, 0.15) is 5.56 Å². The van der Waals surface area contributed by atoms with Crippen molar-refractivity contribution in [3.63, 3.8) is 0 Å². The summed E-state index contributed by atoms with van der Waals surface area (Å²) in [5.41, 5.74) is -0.0620. The van der Waals surface area contributed by atoms with E-state index in [0.717, 1.165) is 0 Å². The predicted octanol–water partition coefficient (Wildman–Crippen LogP) is 1.41. The number of sulfonamides is 1. The monoisotopic (exact) mass is 241 g/mol. The first-order valence-electron chi connectivity index (χ1n) is 3.43. The van der Waals surface area contributed by atoms with Gasteiger partial charge in [0.25, 0.3) is 0 Å². The van der Waals surface area contributed by atoms with Crippen LogP contribution in [0.25, 0.3) is 0 Å². The first kappa shape index (κ1) is 11.4. The standard InChI is InChI=1S/C7H6ClF2NO2S/c8-5-2-7(10)6(9)1-4(5)3-14(11,12)13/h1-2H,3H2,(H2,11,12,13). The third-order valence-electron chi connectivity index (χ3n) is 1.45. The number of nitrogens with two attached hydrogens (primary N) is 1. The van der Waals surface area contributed by atoms with Crippen LogP contribution in [0.4, 0.5) is 8.78 Å². The number of rotatable bonds is 2. The van der Waals surface area contributed by atoms with E-state index in [1.807, 2.05) is 0 Å². The van der Waals surface area contributed by atoms with Crippen molar-refractivity contribution in [1.82, 2.24) is 0 Å². The Bertz CT molecular complexity index is 461. The maximum Gasteiger partial charge on any atom is 0.213 e. The molecule has 0 aliphatic rings. The van der Waals surface area contributed by atoms with Gasteiger partial charge < -0.3 is 0 Å². The molecule has 14 heavy (non-hydrogen) atoms. The molecule has 78 valence electrons. The number of benzene rings is 1. The predicted molar refractivity (Wildman–Crippen MR) is 48.2 cm³/mol. The molecule has 1 rings (SSSR count). The van der Waals surface area contributed by atoms with Crippen molar-refractivity contribution >= 4 is 21.6 Å². The molecule has 0 aliphatic carbocycles. The maximum absolute atomic E-state index is 12.7. The molecule has 0 atom stereocenters. The molecule has 0 saturated heterocycles. The minimum Gasteiger partial charge on any atom is -0.228 e. The van der Waals surface area contributed by atoms with E-state index < -0.39 is 27.4 Å². The van der Waals surface area contributed by atoms with Gasteiger partial charge in [-0.05, 0) is 17.7 Å². The molecule has 7 heteroatoms. The minimum absolute atomic E-state index is 0.0620. The number of hydrogen-bond donors (Lipinski definition) is 1. The molecule has 0 unspecified atom stereocenters. The summed E-state index contributed by atoms with van der Waals surface area (Å²) in [6.45, 7) is 0. The lowest BCUT2D eigenvalue weighted by atomic mass is 10.2. The summed E-state index contributed by atoms with van der Waals surface area (Å²) in [6, 6.07) is 1.42. The molecular formula is C7H6ClF2NO2S. The largest absolute Gasteiger partial charge is 0.228 e. The summed E-state index contributed by atoms with van der Waals surface area (Å²) in [5, 5.41) is 4.55. The zero-order valence-electron chi connectivity index (χ0n) is 6.80.